The topological polar surface area (TPSA) is 155 Å². The van der Waals surface area contributed by atoms with Crippen LogP contribution < -0.4 is 27.7 Å². The first-order valence-electron chi connectivity index (χ1n) is 10.2. The predicted molar refractivity (Wildman–Crippen MR) is 130 cm³/mol. The predicted octanol–water partition coefficient (Wildman–Crippen LogP) is 2.93. The van der Waals surface area contributed by atoms with Gasteiger partial charge in [-0.05, 0) is 37.1 Å². The lowest BCUT2D eigenvalue weighted by Crippen LogP contribution is -2.33. The molecule has 1 saturated carbocycles. The molecular formula is C21H18Cl2FN9O. The van der Waals surface area contributed by atoms with Gasteiger partial charge in [0.25, 0.3) is 5.56 Å². The molecule has 0 unspecified atom stereocenters. The van der Waals surface area contributed by atoms with Crippen molar-refractivity contribution in [1.29, 1.82) is 0 Å². The van der Waals surface area contributed by atoms with Gasteiger partial charge in [0.2, 0.25) is 5.95 Å². The molecule has 1 fully saturated rings. The van der Waals surface area contributed by atoms with Gasteiger partial charge in [-0.25, -0.2) is 14.4 Å². The zero-order valence-corrected chi connectivity index (χ0v) is 19.1. The highest BCUT2D eigenvalue weighted by molar-refractivity contribution is 6.35. The quantitative estimate of drug-likeness (QED) is 0.374. The van der Waals surface area contributed by atoms with Crippen LogP contribution in [0.2, 0.25) is 10.0 Å². The van der Waals surface area contributed by atoms with Crippen LogP contribution in [0.5, 0.6) is 0 Å². The molecular weight excluding hydrogens is 484 g/mol. The van der Waals surface area contributed by atoms with E-state index in [1.807, 2.05) is 4.90 Å². The normalized spacial score (nSPS) is 13.4. The summed E-state index contributed by atoms with van der Waals surface area (Å²) >= 11 is 12.7. The molecule has 0 radical (unpaired) electrons. The van der Waals surface area contributed by atoms with Crippen molar-refractivity contribution in [2.75, 3.05) is 22.1 Å². The minimum Gasteiger partial charge on any atom is -0.384 e. The highest BCUT2D eigenvalue weighted by Gasteiger charge is 2.34. The molecule has 5 rings (SSSR count). The largest absolute Gasteiger partial charge is 0.384 e. The molecule has 174 valence electrons. The van der Waals surface area contributed by atoms with E-state index in [9.17, 15) is 9.18 Å². The average molecular weight is 502 g/mol. The number of hydrogen-bond acceptors (Lipinski definition) is 9. The van der Waals surface area contributed by atoms with E-state index >= 15 is 0 Å². The number of anilines is 4. The first-order chi connectivity index (χ1) is 16.2. The SMILES string of the molecule is Nc1ccc(-n2c(CN(c3nc(N)nc(N)c3Cl)C3CC3)nc3c(F)ccc(Cl)c3c2=O)cn1. The van der Waals surface area contributed by atoms with Crippen molar-refractivity contribution in [3.63, 3.8) is 0 Å². The monoisotopic (exact) mass is 501 g/mol. The van der Waals surface area contributed by atoms with Crippen molar-refractivity contribution >= 4 is 57.5 Å². The Labute approximate surface area is 202 Å². The number of nitrogens with two attached hydrogens (primary N) is 3. The number of aromatic nitrogens is 5. The second-order valence-electron chi connectivity index (χ2n) is 7.83. The fourth-order valence-corrected chi connectivity index (χ4v) is 4.17. The zero-order chi connectivity index (χ0) is 24.1. The number of pyridine rings is 1. The van der Waals surface area contributed by atoms with E-state index in [1.54, 1.807) is 12.1 Å². The summed E-state index contributed by atoms with van der Waals surface area (Å²) in [5, 5.41) is 0.156. The lowest BCUT2D eigenvalue weighted by atomic mass is 10.2. The van der Waals surface area contributed by atoms with Crippen molar-refractivity contribution in [2.24, 2.45) is 0 Å². The molecule has 0 atom stereocenters. The van der Waals surface area contributed by atoms with Crippen LogP contribution >= 0.6 is 23.2 Å². The molecule has 3 aromatic heterocycles. The Morgan fingerprint density at radius 2 is 1.85 bits per heavy atom. The van der Waals surface area contributed by atoms with Crippen molar-refractivity contribution in [1.82, 2.24) is 24.5 Å². The molecule has 0 bridgehead atoms. The summed E-state index contributed by atoms with van der Waals surface area (Å²) in [5.41, 5.74) is 17.1. The van der Waals surface area contributed by atoms with E-state index in [0.29, 0.717) is 11.5 Å². The van der Waals surface area contributed by atoms with Gasteiger partial charge in [0, 0.05) is 6.04 Å². The van der Waals surface area contributed by atoms with Crippen molar-refractivity contribution in [3.05, 3.63) is 62.5 Å². The van der Waals surface area contributed by atoms with E-state index in [4.69, 9.17) is 40.4 Å². The molecule has 13 heteroatoms. The highest BCUT2D eigenvalue weighted by atomic mass is 35.5. The van der Waals surface area contributed by atoms with Crippen molar-refractivity contribution < 1.29 is 4.39 Å². The standard InChI is InChI=1S/C21H18Cl2FN9O/c22-11-4-5-12(24)17-15(11)20(34)33(10-3-6-13(25)28-7-10)14(29-17)8-32(9-1-2-9)19-16(23)18(26)30-21(27)31-19/h3-7,9H,1-2,8H2,(H2,25,28)(H4,26,27,30,31). The van der Waals surface area contributed by atoms with Crippen LogP contribution in [0.1, 0.15) is 18.7 Å². The van der Waals surface area contributed by atoms with Gasteiger partial charge >= 0.3 is 0 Å². The van der Waals surface area contributed by atoms with E-state index in [2.05, 4.69) is 19.9 Å². The Morgan fingerprint density at radius 1 is 1.09 bits per heavy atom. The number of rotatable bonds is 5. The van der Waals surface area contributed by atoms with Crippen LogP contribution in [0, 0.1) is 5.82 Å². The lowest BCUT2D eigenvalue weighted by Gasteiger charge is -2.26. The Hall–Kier alpha value is -3.70. The molecule has 34 heavy (non-hydrogen) atoms. The maximum atomic E-state index is 14.7. The molecule has 4 aromatic rings. The summed E-state index contributed by atoms with van der Waals surface area (Å²) in [6.45, 7) is 0.0434. The molecule has 10 nitrogen and oxygen atoms in total. The van der Waals surface area contributed by atoms with Gasteiger partial charge in [0.15, 0.2) is 5.82 Å². The minimum atomic E-state index is -0.674. The molecule has 1 aliphatic rings. The van der Waals surface area contributed by atoms with E-state index in [0.717, 1.165) is 18.9 Å². The average Bonchev–Trinajstić information content (AvgIpc) is 3.63. The van der Waals surface area contributed by atoms with Gasteiger partial charge in [-0.15, -0.1) is 0 Å². The van der Waals surface area contributed by atoms with Crippen molar-refractivity contribution in [2.45, 2.75) is 25.4 Å². The van der Waals surface area contributed by atoms with Crippen LogP contribution in [0.4, 0.5) is 27.8 Å². The molecule has 0 amide bonds. The molecule has 3 heterocycles. The second-order valence-corrected chi connectivity index (χ2v) is 8.61. The summed E-state index contributed by atoms with van der Waals surface area (Å²) in [4.78, 5) is 32.1. The number of nitrogens with zero attached hydrogens (tertiary/aromatic N) is 6. The van der Waals surface area contributed by atoms with Crippen LogP contribution in [-0.4, -0.2) is 30.5 Å². The summed E-state index contributed by atoms with van der Waals surface area (Å²) in [7, 11) is 0. The van der Waals surface area contributed by atoms with Gasteiger partial charge in [0.05, 0.1) is 28.8 Å². The van der Waals surface area contributed by atoms with E-state index in [-0.39, 0.29) is 56.9 Å². The van der Waals surface area contributed by atoms with Gasteiger partial charge in [-0.3, -0.25) is 9.36 Å². The Bertz CT molecular complexity index is 1490. The molecule has 0 aliphatic heterocycles. The zero-order valence-electron chi connectivity index (χ0n) is 17.5. The van der Waals surface area contributed by atoms with Crippen LogP contribution in [0.15, 0.2) is 35.3 Å². The molecule has 0 spiro atoms. The lowest BCUT2D eigenvalue weighted by molar-refractivity contribution is 0.632. The third-order valence-electron chi connectivity index (χ3n) is 5.47. The maximum absolute atomic E-state index is 14.7. The number of benzene rings is 1. The smallest absolute Gasteiger partial charge is 0.267 e. The minimum absolute atomic E-state index is 0.0271. The number of nitrogen functional groups attached to an aromatic ring is 3. The van der Waals surface area contributed by atoms with Crippen LogP contribution in [0.25, 0.3) is 16.6 Å². The van der Waals surface area contributed by atoms with Crippen LogP contribution in [-0.2, 0) is 6.54 Å². The summed E-state index contributed by atoms with van der Waals surface area (Å²) < 4.78 is 16.0. The van der Waals surface area contributed by atoms with Gasteiger partial charge in [-0.1, -0.05) is 23.2 Å². The Balaban J connectivity index is 1.75. The number of halogens is 3. The third-order valence-corrected chi connectivity index (χ3v) is 6.15. The Kier molecular flexibility index (Phi) is 5.37. The molecule has 1 aliphatic carbocycles. The van der Waals surface area contributed by atoms with Crippen LogP contribution in [0.3, 0.4) is 0 Å². The summed E-state index contributed by atoms with van der Waals surface area (Å²) in [6.07, 6.45) is 3.12. The first kappa shape index (κ1) is 22.1. The molecule has 1 aromatic carbocycles. The Morgan fingerprint density at radius 3 is 2.53 bits per heavy atom. The molecule has 6 N–H and O–H groups in total. The van der Waals surface area contributed by atoms with E-state index < -0.39 is 11.4 Å². The van der Waals surface area contributed by atoms with Crippen molar-refractivity contribution in [3.8, 4) is 5.69 Å². The fourth-order valence-electron chi connectivity index (χ4n) is 3.74. The second kappa shape index (κ2) is 8.26. The summed E-state index contributed by atoms with van der Waals surface area (Å²) in [6, 6.07) is 5.68. The third kappa shape index (κ3) is 3.82. The van der Waals surface area contributed by atoms with Gasteiger partial charge < -0.3 is 22.1 Å². The molecule has 0 saturated heterocycles. The van der Waals surface area contributed by atoms with Gasteiger partial charge in [0.1, 0.15) is 33.8 Å². The number of hydrogen-bond donors (Lipinski definition) is 3. The first-order valence-corrected chi connectivity index (χ1v) is 11.0. The highest BCUT2D eigenvalue weighted by Crippen LogP contribution is 2.38. The maximum Gasteiger partial charge on any atom is 0.267 e. The van der Waals surface area contributed by atoms with Gasteiger partial charge in [-0.2, -0.15) is 9.97 Å². The van der Waals surface area contributed by atoms with E-state index in [1.165, 1.54) is 16.8 Å². The fraction of sp³-hybridized carbons (Fsp3) is 0.190. The summed E-state index contributed by atoms with van der Waals surface area (Å²) in [5.74, 6) is 0.0913. The number of fused-ring (bicyclic) bond motifs is 1.